The van der Waals surface area contributed by atoms with E-state index in [1.807, 2.05) is 36.1 Å². The summed E-state index contributed by atoms with van der Waals surface area (Å²) in [4.78, 5) is 12.9. The molecule has 7 heteroatoms. The van der Waals surface area contributed by atoms with E-state index in [-0.39, 0.29) is 0 Å². The van der Waals surface area contributed by atoms with Crippen molar-refractivity contribution in [2.45, 2.75) is 6.92 Å². The molecule has 0 unspecified atom stereocenters. The van der Waals surface area contributed by atoms with Crippen molar-refractivity contribution in [2.24, 2.45) is 5.16 Å². The van der Waals surface area contributed by atoms with E-state index < -0.39 is 0 Å². The Labute approximate surface area is 153 Å². The first kappa shape index (κ1) is 17.9. The summed E-state index contributed by atoms with van der Waals surface area (Å²) in [6.07, 6.45) is 5.21. The van der Waals surface area contributed by atoms with Gasteiger partial charge in [0, 0.05) is 44.6 Å². The molecular formula is C19H23N5O2. The smallest absolute Gasteiger partial charge is 0.230 e. The summed E-state index contributed by atoms with van der Waals surface area (Å²) in [5, 5.41) is 13.2. The van der Waals surface area contributed by atoms with Gasteiger partial charge in [0.1, 0.15) is 5.75 Å². The van der Waals surface area contributed by atoms with Gasteiger partial charge in [-0.1, -0.05) is 11.2 Å². The fourth-order valence-corrected chi connectivity index (χ4v) is 2.91. The zero-order valence-corrected chi connectivity index (χ0v) is 14.9. The number of hydrogen-bond acceptors (Lipinski definition) is 6. The van der Waals surface area contributed by atoms with Crippen LogP contribution in [0.1, 0.15) is 11.3 Å². The molecule has 0 aromatic carbocycles. The van der Waals surface area contributed by atoms with Crippen LogP contribution in [0.3, 0.4) is 0 Å². The minimum atomic E-state index is 0.402. The van der Waals surface area contributed by atoms with Crippen molar-refractivity contribution in [1.29, 1.82) is 0 Å². The summed E-state index contributed by atoms with van der Waals surface area (Å²) < 4.78 is 5.91. The maximum atomic E-state index is 9.68. The largest absolute Gasteiger partial charge is 0.437 e. The first-order valence-corrected chi connectivity index (χ1v) is 8.57. The fraction of sp³-hybridized carbons (Fsp3) is 0.316. The van der Waals surface area contributed by atoms with Gasteiger partial charge in [0.05, 0.1) is 11.8 Å². The second-order valence-electron chi connectivity index (χ2n) is 6.10. The van der Waals surface area contributed by atoms with Gasteiger partial charge in [-0.15, -0.1) is 6.58 Å². The molecule has 0 bridgehead atoms. The van der Waals surface area contributed by atoms with E-state index in [4.69, 9.17) is 4.74 Å². The highest BCUT2D eigenvalue weighted by molar-refractivity contribution is 6.00. The van der Waals surface area contributed by atoms with Crippen LogP contribution in [0.15, 0.2) is 54.5 Å². The molecular weight excluding hydrogens is 330 g/mol. The summed E-state index contributed by atoms with van der Waals surface area (Å²) in [6, 6.07) is 7.36. The van der Waals surface area contributed by atoms with Crippen molar-refractivity contribution >= 4 is 5.84 Å². The van der Waals surface area contributed by atoms with Crippen LogP contribution in [0.25, 0.3) is 0 Å². The predicted octanol–water partition coefficient (Wildman–Crippen LogP) is 2.52. The molecule has 1 fully saturated rings. The standard InChI is InChI=1S/C19H23N5O2/c1-3-9-23-10-12-24(13-11-23)18(22-25)17-7-6-15(2)21-19(17)26-16-5-4-8-20-14-16/h3-8,14,25H,1,9-13H2,2H3/b22-18-. The minimum Gasteiger partial charge on any atom is -0.437 e. The maximum absolute atomic E-state index is 9.68. The zero-order valence-electron chi connectivity index (χ0n) is 14.9. The quantitative estimate of drug-likeness (QED) is 0.293. The first-order chi connectivity index (χ1) is 12.7. The SMILES string of the molecule is C=CCN1CCN(/C(=N\O)c2ccc(C)nc2Oc2cccnc2)CC1. The number of ether oxygens (including phenoxy) is 1. The van der Waals surface area contributed by atoms with E-state index in [9.17, 15) is 5.21 Å². The lowest BCUT2D eigenvalue weighted by Gasteiger charge is -2.35. The Balaban J connectivity index is 1.84. The Morgan fingerprint density at radius 2 is 2.12 bits per heavy atom. The third kappa shape index (κ3) is 4.18. The Hall–Kier alpha value is -2.93. The van der Waals surface area contributed by atoms with Crippen molar-refractivity contribution in [1.82, 2.24) is 19.8 Å². The Morgan fingerprint density at radius 1 is 1.31 bits per heavy atom. The van der Waals surface area contributed by atoms with Gasteiger partial charge in [-0.3, -0.25) is 9.88 Å². The molecule has 0 spiro atoms. The Morgan fingerprint density at radius 3 is 2.77 bits per heavy atom. The molecule has 0 aliphatic carbocycles. The van der Waals surface area contributed by atoms with Gasteiger partial charge >= 0.3 is 0 Å². The maximum Gasteiger partial charge on any atom is 0.230 e. The molecule has 1 aliphatic heterocycles. The van der Waals surface area contributed by atoms with E-state index in [0.717, 1.165) is 38.4 Å². The number of aryl methyl sites for hydroxylation is 1. The molecule has 0 saturated carbocycles. The summed E-state index contributed by atoms with van der Waals surface area (Å²) in [5.41, 5.74) is 1.47. The molecule has 1 aliphatic rings. The van der Waals surface area contributed by atoms with Crippen LogP contribution < -0.4 is 4.74 Å². The first-order valence-electron chi connectivity index (χ1n) is 8.57. The van der Waals surface area contributed by atoms with E-state index >= 15 is 0 Å². The second-order valence-corrected chi connectivity index (χ2v) is 6.10. The van der Waals surface area contributed by atoms with Gasteiger partial charge in [-0.05, 0) is 31.2 Å². The Bertz CT molecular complexity index is 771. The van der Waals surface area contributed by atoms with Crippen LogP contribution in [-0.4, -0.2) is 63.5 Å². The predicted molar refractivity (Wildman–Crippen MR) is 99.8 cm³/mol. The molecule has 7 nitrogen and oxygen atoms in total. The summed E-state index contributed by atoms with van der Waals surface area (Å²) in [7, 11) is 0. The number of nitrogens with zero attached hydrogens (tertiary/aromatic N) is 5. The number of amidine groups is 1. The third-order valence-corrected chi connectivity index (χ3v) is 4.24. The highest BCUT2D eigenvalue weighted by atomic mass is 16.5. The number of pyridine rings is 2. The lowest BCUT2D eigenvalue weighted by molar-refractivity contribution is 0.192. The van der Waals surface area contributed by atoms with Crippen LogP contribution in [-0.2, 0) is 0 Å². The summed E-state index contributed by atoms with van der Waals surface area (Å²) in [6.45, 7) is 9.81. The van der Waals surface area contributed by atoms with E-state index in [0.29, 0.717) is 23.0 Å². The molecule has 2 aromatic heterocycles. The summed E-state index contributed by atoms with van der Waals surface area (Å²) >= 11 is 0. The van der Waals surface area contributed by atoms with Crippen molar-refractivity contribution in [3.8, 4) is 11.6 Å². The fourth-order valence-electron chi connectivity index (χ4n) is 2.91. The molecule has 2 aromatic rings. The molecule has 1 saturated heterocycles. The van der Waals surface area contributed by atoms with Crippen LogP contribution in [0.4, 0.5) is 0 Å². The second kappa shape index (κ2) is 8.44. The van der Waals surface area contributed by atoms with Gasteiger partial charge in [-0.25, -0.2) is 4.98 Å². The van der Waals surface area contributed by atoms with Crippen LogP contribution in [0.5, 0.6) is 11.6 Å². The van der Waals surface area contributed by atoms with Crippen LogP contribution in [0, 0.1) is 6.92 Å². The highest BCUT2D eigenvalue weighted by Crippen LogP contribution is 2.25. The number of oxime groups is 1. The van der Waals surface area contributed by atoms with Crippen molar-refractivity contribution in [3.63, 3.8) is 0 Å². The van der Waals surface area contributed by atoms with Crippen molar-refractivity contribution in [3.05, 3.63) is 60.6 Å². The third-order valence-electron chi connectivity index (χ3n) is 4.24. The lowest BCUT2D eigenvalue weighted by atomic mass is 10.2. The van der Waals surface area contributed by atoms with Crippen molar-refractivity contribution in [2.75, 3.05) is 32.7 Å². The van der Waals surface area contributed by atoms with Gasteiger partial charge in [0.25, 0.3) is 0 Å². The highest BCUT2D eigenvalue weighted by Gasteiger charge is 2.24. The van der Waals surface area contributed by atoms with Crippen LogP contribution in [0.2, 0.25) is 0 Å². The molecule has 3 heterocycles. The number of aromatic nitrogens is 2. The van der Waals surface area contributed by atoms with Gasteiger partial charge in [0.15, 0.2) is 5.84 Å². The molecule has 136 valence electrons. The average Bonchev–Trinajstić information content (AvgIpc) is 2.66. The van der Waals surface area contributed by atoms with E-state index in [1.54, 1.807) is 18.5 Å². The molecule has 26 heavy (non-hydrogen) atoms. The van der Waals surface area contributed by atoms with Gasteiger partial charge < -0.3 is 14.8 Å². The molecule has 1 N–H and O–H groups in total. The average molecular weight is 353 g/mol. The van der Waals surface area contributed by atoms with Gasteiger partial charge in [-0.2, -0.15) is 0 Å². The van der Waals surface area contributed by atoms with E-state index in [2.05, 4.69) is 26.6 Å². The molecule has 0 radical (unpaired) electrons. The topological polar surface area (TPSA) is 74.1 Å². The Kier molecular flexibility index (Phi) is 5.80. The number of piperazine rings is 1. The number of rotatable bonds is 5. The minimum absolute atomic E-state index is 0.402. The zero-order chi connectivity index (χ0) is 18.4. The molecule has 0 amide bonds. The van der Waals surface area contributed by atoms with Crippen molar-refractivity contribution < 1.29 is 9.94 Å². The summed E-state index contributed by atoms with van der Waals surface area (Å²) in [5.74, 6) is 1.45. The number of hydrogen-bond donors (Lipinski definition) is 1. The monoisotopic (exact) mass is 353 g/mol. The van der Waals surface area contributed by atoms with E-state index in [1.165, 1.54) is 0 Å². The lowest BCUT2D eigenvalue weighted by Crippen LogP contribution is -2.49. The van der Waals surface area contributed by atoms with Crippen LogP contribution >= 0.6 is 0 Å². The normalized spacial score (nSPS) is 15.7. The molecule has 3 rings (SSSR count). The van der Waals surface area contributed by atoms with Gasteiger partial charge in [0.2, 0.25) is 5.88 Å². The molecule has 0 atom stereocenters.